The van der Waals surface area contributed by atoms with Crippen molar-refractivity contribution in [1.82, 2.24) is 19.7 Å². The van der Waals surface area contributed by atoms with Crippen LogP contribution in [-0.2, 0) is 23.4 Å². The van der Waals surface area contributed by atoms with E-state index in [0.29, 0.717) is 18.4 Å². The fraction of sp³-hybridized carbons (Fsp3) is 0.462. The van der Waals surface area contributed by atoms with Gasteiger partial charge in [0.15, 0.2) is 5.82 Å². The summed E-state index contributed by atoms with van der Waals surface area (Å²) < 4.78 is 37.9. The Kier molecular flexibility index (Phi) is 9.28. The Morgan fingerprint density at radius 1 is 1.27 bits per heavy atom. The van der Waals surface area contributed by atoms with Crippen molar-refractivity contribution < 1.29 is 38.1 Å². The lowest BCUT2D eigenvalue weighted by Gasteiger charge is -2.28. The molecule has 220 valence electrons. The van der Waals surface area contributed by atoms with Crippen LogP contribution in [0.1, 0.15) is 45.4 Å². The summed E-state index contributed by atoms with van der Waals surface area (Å²) in [5, 5.41) is 38.6. The number of nitrogens with two attached hydrogens (primary N) is 1. The number of rotatable bonds is 12. The molecule has 1 saturated heterocycles. The van der Waals surface area contributed by atoms with E-state index >= 15 is 0 Å². The maximum absolute atomic E-state index is 13.9. The molecular formula is C26H33N6O8P. The van der Waals surface area contributed by atoms with E-state index in [-0.39, 0.29) is 23.4 Å². The van der Waals surface area contributed by atoms with Crippen molar-refractivity contribution in [3.05, 3.63) is 54.5 Å². The van der Waals surface area contributed by atoms with Crippen molar-refractivity contribution in [3.8, 4) is 11.8 Å². The van der Waals surface area contributed by atoms with Crippen LogP contribution in [0.15, 0.2) is 48.8 Å². The fourth-order valence-electron chi connectivity index (χ4n) is 4.38. The SMILES string of the molecule is CCC(CC)OC(=O)[C@H](C)NP(=O)(OC[C@@]1(C#N)O[C@@H](c2ccc3c(N)ncnn23)[C@H](O)[C@@H]1O)Oc1ccccc1. The van der Waals surface area contributed by atoms with Crippen molar-refractivity contribution in [2.24, 2.45) is 0 Å². The third kappa shape index (κ3) is 6.36. The number of hydrogen-bond acceptors (Lipinski definition) is 12. The lowest BCUT2D eigenvalue weighted by molar-refractivity contribution is -0.151. The average molecular weight is 589 g/mol. The molecule has 1 fully saturated rings. The van der Waals surface area contributed by atoms with Crippen molar-refractivity contribution in [1.29, 1.82) is 5.26 Å². The Balaban J connectivity index is 1.58. The number of nitrogen functional groups attached to an aromatic ring is 1. The molecule has 1 aliphatic rings. The van der Waals surface area contributed by atoms with Gasteiger partial charge in [-0.1, -0.05) is 32.0 Å². The van der Waals surface area contributed by atoms with Gasteiger partial charge in [0.1, 0.15) is 60.7 Å². The highest BCUT2D eigenvalue weighted by molar-refractivity contribution is 7.52. The number of hydrogen-bond donors (Lipinski definition) is 4. The molecule has 0 radical (unpaired) electrons. The number of esters is 1. The van der Waals surface area contributed by atoms with Crippen LogP contribution in [0.4, 0.5) is 5.82 Å². The summed E-state index contributed by atoms with van der Waals surface area (Å²) in [5.41, 5.74) is 4.43. The van der Waals surface area contributed by atoms with Crippen LogP contribution in [0.3, 0.4) is 0 Å². The number of nitrogens with one attached hydrogen (secondary N) is 1. The number of nitriles is 1. The van der Waals surface area contributed by atoms with Crippen LogP contribution in [0.2, 0.25) is 0 Å². The predicted molar refractivity (Wildman–Crippen MR) is 145 cm³/mol. The van der Waals surface area contributed by atoms with E-state index in [0.717, 1.165) is 0 Å². The molecule has 0 amide bonds. The Bertz CT molecular complexity index is 1440. The van der Waals surface area contributed by atoms with E-state index in [9.17, 15) is 24.8 Å². The van der Waals surface area contributed by atoms with E-state index in [1.54, 1.807) is 30.3 Å². The zero-order valence-electron chi connectivity index (χ0n) is 22.8. The van der Waals surface area contributed by atoms with Crippen molar-refractivity contribution in [2.45, 2.75) is 69.7 Å². The molecule has 0 spiro atoms. The molecule has 3 heterocycles. The second kappa shape index (κ2) is 12.5. The van der Waals surface area contributed by atoms with Crippen molar-refractivity contribution in [3.63, 3.8) is 0 Å². The van der Waals surface area contributed by atoms with E-state index < -0.39 is 50.3 Å². The lowest BCUT2D eigenvalue weighted by atomic mass is 9.96. The van der Waals surface area contributed by atoms with Crippen LogP contribution in [0, 0.1) is 11.3 Å². The largest absolute Gasteiger partial charge is 0.461 e. The number of aliphatic hydroxyl groups is 2. The molecule has 14 nitrogen and oxygen atoms in total. The number of anilines is 1. The minimum Gasteiger partial charge on any atom is -0.461 e. The number of ether oxygens (including phenoxy) is 2. The average Bonchev–Trinajstić information content (AvgIpc) is 3.51. The highest BCUT2D eigenvalue weighted by atomic mass is 31.2. The van der Waals surface area contributed by atoms with Crippen LogP contribution in [-0.4, -0.2) is 67.3 Å². The predicted octanol–water partition coefficient (Wildman–Crippen LogP) is 2.28. The smallest absolute Gasteiger partial charge is 0.459 e. The van der Waals surface area contributed by atoms with Gasteiger partial charge in [-0.2, -0.15) is 15.4 Å². The Morgan fingerprint density at radius 3 is 2.63 bits per heavy atom. The van der Waals surface area contributed by atoms with E-state index in [4.69, 9.17) is 24.3 Å². The number of nitrogens with zero attached hydrogens (tertiary/aromatic N) is 4. The zero-order valence-corrected chi connectivity index (χ0v) is 23.7. The van der Waals surface area contributed by atoms with Crippen molar-refractivity contribution >= 4 is 25.1 Å². The number of benzene rings is 1. The molecule has 4 rings (SSSR count). The first-order valence-corrected chi connectivity index (χ1v) is 14.6. The number of carbonyl (C=O) groups is 1. The van der Waals surface area contributed by atoms with Crippen LogP contribution in [0.25, 0.3) is 5.52 Å². The molecule has 41 heavy (non-hydrogen) atoms. The van der Waals surface area contributed by atoms with E-state index in [1.807, 2.05) is 19.9 Å². The number of para-hydroxylation sites is 1. The topological polar surface area (TPSA) is 204 Å². The number of aliphatic hydroxyl groups excluding tert-OH is 2. The minimum absolute atomic E-state index is 0.151. The summed E-state index contributed by atoms with van der Waals surface area (Å²) in [6, 6.07) is 11.9. The monoisotopic (exact) mass is 588 g/mol. The molecule has 1 aromatic carbocycles. The maximum Gasteiger partial charge on any atom is 0.459 e. The standard InChI is InChI=1S/C26H33N6O8P/c1-4-17(5-2)38-25(35)16(3)31-41(36,40-18-9-7-6-8-10-18)37-14-26(13-27)23(34)21(33)22(39-26)19-11-12-20-24(28)29-15-30-32(19)20/h6-12,15-17,21-23,33-34H,4-5,14H2,1-3H3,(H,31,36)(H2,28,29,30)/t16-,21-,22-,23-,26+,41?/m0/s1. The molecule has 0 aliphatic carbocycles. The van der Waals surface area contributed by atoms with Crippen LogP contribution >= 0.6 is 7.75 Å². The van der Waals surface area contributed by atoms with Gasteiger partial charge in [-0.25, -0.2) is 14.1 Å². The molecule has 2 aromatic heterocycles. The van der Waals surface area contributed by atoms with Gasteiger partial charge >= 0.3 is 13.7 Å². The summed E-state index contributed by atoms with van der Waals surface area (Å²) in [6.07, 6.45) is -2.53. The van der Waals surface area contributed by atoms with Crippen molar-refractivity contribution in [2.75, 3.05) is 12.3 Å². The molecule has 0 saturated carbocycles. The number of carbonyl (C=O) groups excluding carboxylic acids is 1. The lowest BCUT2D eigenvalue weighted by Crippen LogP contribution is -2.46. The van der Waals surface area contributed by atoms with Crippen LogP contribution in [0.5, 0.6) is 5.75 Å². The van der Waals surface area contributed by atoms with Crippen LogP contribution < -0.4 is 15.3 Å². The Labute approximate surface area is 236 Å². The molecule has 1 aliphatic heterocycles. The second-order valence-electron chi connectivity index (χ2n) is 9.58. The van der Waals surface area contributed by atoms with E-state index in [2.05, 4.69) is 15.2 Å². The Hall–Kier alpha value is -3.57. The summed E-state index contributed by atoms with van der Waals surface area (Å²) in [6.45, 7) is 4.38. The van der Waals surface area contributed by atoms with E-state index in [1.165, 1.54) is 29.9 Å². The molecule has 15 heteroatoms. The van der Waals surface area contributed by atoms with Gasteiger partial charge in [0.2, 0.25) is 5.60 Å². The van der Waals surface area contributed by atoms with Gasteiger partial charge in [-0.3, -0.25) is 9.32 Å². The number of aromatic nitrogens is 3. The fourth-order valence-corrected chi connectivity index (χ4v) is 5.90. The minimum atomic E-state index is -4.41. The van der Waals surface area contributed by atoms with Gasteiger partial charge in [-0.15, -0.1) is 0 Å². The summed E-state index contributed by atoms with van der Waals surface area (Å²) in [5.74, 6) is -0.350. The molecule has 0 bridgehead atoms. The Morgan fingerprint density at radius 2 is 1.98 bits per heavy atom. The summed E-state index contributed by atoms with van der Waals surface area (Å²) in [4.78, 5) is 16.6. The first-order valence-electron chi connectivity index (χ1n) is 13.1. The molecule has 3 aromatic rings. The highest BCUT2D eigenvalue weighted by Gasteiger charge is 2.57. The van der Waals surface area contributed by atoms with Gasteiger partial charge in [0.05, 0.1) is 5.69 Å². The van der Waals surface area contributed by atoms with Gasteiger partial charge in [-0.05, 0) is 44.0 Å². The van der Waals surface area contributed by atoms with Gasteiger partial charge in [0.25, 0.3) is 0 Å². The zero-order chi connectivity index (χ0) is 29.8. The first kappa shape index (κ1) is 30.4. The third-order valence-corrected chi connectivity index (χ3v) is 8.38. The molecule has 6 atom stereocenters. The summed E-state index contributed by atoms with van der Waals surface area (Å²) in [7, 11) is -4.41. The number of fused-ring (bicyclic) bond motifs is 1. The highest BCUT2D eigenvalue weighted by Crippen LogP contribution is 2.48. The molecule has 1 unspecified atom stereocenters. The van der Waals surface area contributed by atoms with Gasteiger partial charge in [0, 0.05) is 0 Å². The molecule has 5 N–H and O–H groups in total. The quantitative estimate of drug-likeness (QED) is 0.177. The second-order valence-corrected chi connectivity index (χ2v) is 11.3. The normalized spacial score (nSPS) is 24.6. The maximum atomic E-state index is 13.9. The third-order valence-electron chi connectivity index (χ3n) is 6.76. The van der Waals surface area contributed by atoms with Gasteiger partial charge < -0.3 is 29.9 Å². The molecular weight excluding hydrogens is 555 g/mol. The summed E-state index contributed by atoms with van der Waals surface area (Å²) >= 11 is 0. The first-order chi connectivity index (χ1) is 19.6.